The number of allylic oxidation sites excluding steroid dienone is 10. The maximum Gasteiger partial charge on any atom is 0.0429 e. The molecule has 0 N–H and O–H groups in total. The lowest BCUT2D eigenvalue weighted by molar-refractivity contribution is 0.849. The van der Waals surface area contributed by atoms with Crippen LogP contribution >= 0.6 is 0 Å². The summed E-state index contributed by atoms with van der Waals surface area (Å²) in [6, 6.07) is 0. The number of hydrogen-bond donors (Lipinski definition) is 0. The van der Waals surface area contributed by atoms with Gasteiger partial charge in [-0.2, -0.15) is 0 Å². The molecule has 3 aliphatic carbocycles. The highest BCUT2D eigenvalue weighted by Gasteiger charge is 2.04. The standard InChI is InChI=1S/C23H28N2/c1-3-7-20(8-4-1)13-15-24-18-22-11-12-23(17-22)19-25-16-14-21-9-5-2-6-10-21/h1,3,5,7,9-12,18-19H,2,4,6,8,13-17H2/b24-18+,25-19+. The quantitative estimate of drug-likeness (QED) is 0.508. The predicted molar refractivity (Wildman–Crippen MR) is 110 cm³/mol. The average molecular weight is 332 g/mol. The summed E-state index contributed by atoms with van der Waals surface area (Å²) in [6.07, 6.45) is 29.7. The third-order valence-corrected chi connectivity index (χ3v) is 4.70. The van der Waals surface area contributed by atoms with Gasteiger partial charge in [0.2, 0.25) is 0 Å². The molecule has 0 aromatic rings. The topological polar surface area (TPSA) is 24.7 Å². The van der Waals surface area contributed by atoms with Gasteiger partial charge in [-0.3, -0.25) is 9.98 Å². The number of hydrogen-bond acceptors (Lipinski definition) is 2. The normalized spacial score (nSPS) is 20.2. The molecule has 2 nitrogen and oxygen atoms in total. The van der Waals surface area contributed by atoms with E-state index in [-0.39, 0.29) is 0 Å². The molecule has 0 atom stereocenters. The first-order valence-corrected chi connectivity index (χ1v) is 9.50. The molecule has 130 valence electrons. The molecule has 0 fully saturated rings. The summed E-state index contributed by atoms with van der Waals surface area (Å²) in [4.78, 5) is 9.17. The van der Waals surface area contributed by atoms with E-state index in [1.165, 1.54) is 48.0 Å². The minimum Gasteiger partial charge on any atom is -0.293 e. The molecule has 0 aliphatic heterocycles. The molecular weight excluding hydrogens is 304 g/mol. The van der Waals surface area contributed by atoms with Crippen LogP contribution in [-0.4, -0.2) is 25.5 Å². The fraction of sp³-hybridized carbons (Fsp3) is 0.391. The Morgan fingerprint density at radius 1 is 0.840 bits per heavy atom. The largest absolute Gasteiger partial charge is 0.293 e. The van der Waals surface area contributed by atoms with Crippen LogP contribution in [0.3, 0.4) is 0 Å². The third-order valence-electron chi connectivity index (χ3n) is 4.70. The Bertz CT molecular complexity index is 694. The van der Waals surface area contributed by atoms with Crippen LogP contribution in [0.1, 0.15) is 44.9 Å². The van der Waals surface area contributed by atoms with E-state index in [9.17, 15) is 0 Å². The molecule has 3 aliphatic rings. The molecule has 0 aromatic carbocycles. The summed E-state index contributed by atoms with van der Waals surface area (Å²) in [7, 11) is 0. The highest BCUT2D eigenvalue weighted by Crippen LogP contribution is 2.18. The Hall–Kier alpha value is -2.22. The van der Waals surface area contributed by atoms with Gasteiger partial charge >= 0.3 is 0 Å². The molecule has 0 amide bonds. The van der Waals surface area contributed by atoms with Crippen molar-refractivity contribution >= 4 is 12.4 Å². The summed E-state index contributed by atoms with van der Waals surface area (Å²) in [5.41, 5.74) is 5.53. The molecule has 0 radical (unpaired) electrons. The van der Waals surface area contributed by atoms with Gasteiger partial charge in [0.15, 0.2) is 0 Å². The molecule has 0 bridgehead atoms. The summed E-state index contributed by atoms with van der Waals surface area (Å²) in [5, 5.41) is 0. The zero-order valence-electron chi connectivity index (χ0n) is 15.0. The van der Waals surface area contributed by atoms with Crippen LogP contribution in [0.4, 0.5) is 0 Å². The van der Waals surface area contributed by atoms with Gasteiger partial charge in [0, 0.05) is 31.9 Å². The zero-order valence-corrected chi connectivity index (χ0v) is 15.0. The lowest BCUT2D eigenvalue weighted by Gasteiger charge is -2.06. The van der Waals surface area contributed by atoms with E-state index in [0.29, 0.717) is 0 Å². The number of rotatable bonds is 8. The van der Waals surface area contributed by atoms with Crippen molar-refractivity contribution in [2.45, 2.75) is 44.9 Å². The monoisotopic (exact) mass is 332 g/mol. The van der Waals surface area contributed by atoms with Gasteiger partial charge in [-0.25, -0.2) is 0 Å². The molecule has 0 aromatic heterocycles. The SMILES string of the molecule is C1=CCCC(CC/N=C/C2=CC=C(/C=N/CCC3=CCCC=C3)C2)=C1. The first-order chi connectivity index (χ1) is 12.4. The molecule has 0 unspecified atom stereocenters. The van der Waals surface area contributed by atoms with Gasteiger partial charge in [0.1, 0.15) is 0 Å². The Kier molecular flexibility index (Phi) is 6.99. The van der Waals surface area contributed by atoms with Crippen molar-refractivity contribution in [2.24, 2.45) is 9.98 Å². The Labute approximate surface area is 151 Å². The van der Waals surface area contributed by atoms with Crippen molar-refractivity contribution in [3.05, 3.63) is 70.9 Å². The van der Waals surface area contributed by atoms with Gasteiger partial charge in [0.05, 0.1) is 0 Å². The summed E-state index contributed by atoms with van der Waals surface area (Å²) >= 11 is 0. The first-order valence-electron chi connectivity index (χ1n) is 9.50. The van der Waals surface area contributed by atoms with Gasteiger partial charge < -0.3 is 0 Å². The average Bonchev–Trinajstić information content (AvgIpc) is 3.12. The van der Waals surface area contributed by atoms with Crippen LogP contribution in [0, 0.1) is 0 Å². The Morgan fingerprint density at radius 3 is 2.32 bits per heavy atom. The predicted octanol–water partition coefficient (Wildman–Crippen LogP) is 5.72. The van der Waals surface area contributed by atoms with Crippen LogP contribution in [0.25, 0.3) is 0 Å². The van der Waals surface area contributed by atoms with Gasteiger partial charge in [-0.15, -0.1) is 0 Å². The number of aliphatic imine (C=N–C) groups is 2. The van der Waals surface area contributed by atoms with Crippen molar-refractivity contribution in [3.63, 3.8) is 0 Å². The molecule has 0 heterocycles. The van der Waals surface area contributed by atoms with E-state index in [4.69, 9.17) is 0 Å². The van der Waals surface area contributed by atoms with Crippen LogP contribution in [0.2, 0.25) is 0 Å². The molecule has 0 saturated carbocycles. The van der Waals surface area contributed by atoms with E-state index >= 15 is 0 Å². The fourth-order valence-electron chi connectivity index (χ4n) is 3.22. The summed E-state index contributed by atoms with van der Waals surface area (Å²) in [5.74, 6) is 0. The van der Waals surface area contributed by atoms with Crippen LogP contribution < -0.4 is 0 Å². The smallest absolute Gasteiger partial charge is 0.0429 e. The molecule has 0 spiro atoms. The molecule has 2 heteroatoms. The van der Waals surface area contributed by atoms with E-state index in [0.717, 1.165) is 32.4 Å². The van der Waals surface area contributed by atoms with Crippen LogP contribution in [0.15, 0.2) is 80.9 Å². The Balaban J connectivity index is 1.32. The maximum atomic E-state index is 4.59. The van der Waals surface area contributed by atoms with Crippen molar-refractivity contribution in [2.75, 3.05) is 13.1 Å². The van der Waals surface area contributed by atoms with Crippen molar-refractivity contribution in [1.29, 1.82) is 0 Å². The highest BCUT2D eigenvalue weighted by atomic mass is 14.7. The first kappa shape index (κ1) is 17.6. The van der Waals surface area contributed by atoms with Crippen molar-refractivity contribution in [3.8, 4) is 0 Å². The molecular formula is C23H28N2. The fourth-order valence-corrected chi connectivity index (χ4v) is 3.22. The second-order valence-electron chi connectivity index (χ2n) is 6.78. The minimum absolute atomic E-state index is 0.875. The zero-order chi connectivity index (χ0) is 17.2. The minimum atomic E-state index is 0.875. The lowest BCUT2D eigenvalue weighted by atomic mass is 10.0. The van der Waals surface area contributed by atoms with Crippen molar-refractivity contribution in [1.82, 2.24) is 0 Å². The van der Waals surface area contributed by atoms with E-state index in [1.54, 1.807) is 0 Å². The molecule has 25 heavy (non-hydrogen) atoms. The Morgan fingerprint density at radius 2 is 1.64 bits per heavy atom. The summed E-state index contributed by atoms with van der Waals surface area (Å²) < 4.78 is 0. The lowest BCUT2D eigenvalue weighted by Crippen LogP contribution is -1.93. The van der Waals surface area contributed by atoms with E-state index in [1.807, 2.05) is 12.4 Å². The van der Waals surface area contributed by atoms with Crippen LogP contribution in [-0.2, 0) is 0 Å². The van der Waals surface area contributed by atoms with Gasteiger partial charge in [-0.1, -0.05) is 59.8 Å². The second-order valence-corrected chi connectivity index (χ2v) is 6.78. The van der Waals surface area contributed by atoms with Gasteiger partial charge in [0.25, 0.3) is 0 Å². The summed E-state index contributed by atoms with van der Waals surface area (Å²) in [6.45, 7) is 1.77. The molecule has 0 saturated heterocycles. The van der Waals surface area contributed by atoms with Gasteiger partial charge in [-0.05, 0) is 49.7 Å². The maximum absolute atomic E-state index is 4.59. The number of nitrogens with zero attached hydrogens (tertiary/aromatic N) is 2. The van der Waals surface area contributed by atoms with Crippen LogP contribution in [0.5, 0.6) is 0 Å². The third kappa shape index (κ3) is 6.30. The molecule has 3 rings (SSSR count). The van der Waals surface area contributed by atoms with Crippen molar-refractivity contribution < 1.29 is 0 Å². The highest BCUT2D eigenvalue weighted by molar-refractivity contribution is 5.88. The van der Waals surface area contributed by atoms with E-state index < -0.39 is 0 Å². The second kappa shape index (κ2) is 9.93. The van der Waals surface area contributed by atoms with E-state index in [2.05, 4.69) is 58.6 Å².